The molecule has 0 unspecified atom stereocenters. The van der Waals surface area contributed by atoms with Gasteiger partial charge in [-0.2, -0.15) is 4.31 Å². The second kappa shape index (κ2) is 10.6. The fourth-order valence-corrected chi connectivity index (χ4v) is 5.28. The summed E-state index contributed by atoms with van der Waals surface area (Å²) in [4.78, 5) is 11.1. The average Bonchev–Trinajstić information content (AvgIpc) is 3.38. The molecule has 1 saturated heterocycles. The van der Waals surface area contributed by atoms with Crippen molar-refractivity contribution in [3.8, 4) is 0 Å². The van der Waals surface area contributed by atoms with E-state index in [2.05, 4.69) is 36.0 Å². The minimum absolute atomic E-state index is 0. The van der Waals surface area contributed by atoms with Crippen molar-refractivity contribution in [2.75, 3.05) is 39.8 Å². The second-order valence-corrected chi connectivity index (χ2v) is 9.38. The van der Waals surface area contributed by atoms with Crippen LogP contribution in [0.5, 0.6) is 0 Å². The Morgan fingerprint density at radius 1 is 1.19 bits per heavy atom. The van der Waals surface area contributed by atoms with Crippen LogP contribution >= 0.6 is 24.0 Å². The SMILES string of the molecule is CN=C(NCCn1c(C)nc2ccccc21)N1CCN(S(=O)(=O)Cc2ccon2)CC1.I. The third-order valence-electron chi connectivity index (χ3n) is 5.43. The zero-order valence-electron chi connectivity index (χ0n) is 18.1. The van der Waals surface area contributed by atoms with Crippen molar-refractivity contribution in [1.29, 1.82) is 0 Å². The first kappa shape index (κ1) is 24.5. The summed E-state index contributed by atoms with van der Waals surface area (Å²) in [6.45, 7) is 5.43. The number of guanidine groups is 1. The number of aryl methyl sites for hydroxylation is 1. The number of aliphatic imine (C=N–C) groups is 1. The Morgan fingerprint density at radius 3 is 2.62 bits per heavy atom. The number of fused-ring (bicyclic) bond motifs is 1. The molecule has 0 aliphatic carbocycles. The largest absolute Gasteiger partial charge is 0.364 e. The molecule has 1 aliphatic heterocycles. The van der Waals surface area contributed by atoms with E-state index in [4.69, 9.17) is 4.52 Å². The highest BCUT2D eigenvalue weighted by Crippen LogP contribution is 2.15. The van der Waals surface area contributed by atoms with Gasteiger partial charge in [-0.3, -0.25) is 4.99 Å². The molecule has 1 aromatic carbocycles. The minimum atomic E-state index is -3.42. The van der Waals surface area contributed by atoms with E-state index < -0.39 is 10.0 Å². The minimum Gasteiger partial charge on any atom is -0.364 e. The number of halogens is 1. The van der Waals surface area contributed by atoms with Crippen LogP contribution < -0.4 is 5.32 Å². The zero-order valence-corrected chi connectivity index (χ0v) is 21.3. The highest BCUT2D eigenvalue weighted by molar-refractivity contribution is 14.0. The molecular weight excluding hydrogens is 545 g/mol. The van der Waals surface area contributed by atoms with E-state index in [0.717, 1.165) is 29.4 Å². The number of imidazole rings is 1. The number of rotatable bonds is 6. The van der Waals surface area contributed by atoms with Gasteiger partial charge in [0.2, 0.25) is 10.0 Å². The van der Waals surface area contributed by atoms with E-state index in [1.807, 2.05) is 25.1 Å². The molecule has 0 bridgehead atoms. The summed E-state index contributed by atoms with van der Waals surface area (Å²) in [6.07, 6.45) is 1.38. The molecule has 2 aromatic heterocycles. The highest BCUT2D eigenvalue weighted by atomic mass is 127. The molecule has 1 aliphatic rings. The van der Waals surface area contributed by atoms with E-state index in [1.54, 1.807) is 13.1 Å². The van der Waals surface area contributed by atoms with Gasteiger partial charge in [-0.1, -0.05) is 17.3 Å². The predicted octanol–water partition coefficient (Wildman–Crippen LogP) is 1.67. The maximum absolute atomic E-state index is 12.6. The van der Waals surface area contributed by atoms with Gasteiger partial charge in [-0.15, -0.1) is 24.0 Å². The normalized spacial score (nSPS) is 15.7. The summed E-state index contributed by atoms with van der Waals surface area (Å²) in [5, 5.41) is 7.10. The summed E-state index contributed by atoms with van der Waals surface area (Å²) in [5.41, 5.74) is 2.53. The van der Waals surface area contributed by atoms with Crippen LogP contribution in [0.2, 0.25) is 0 Å². The molecular formula is C20H28IN7O3S. The van der Waals surface area contributed by atoms with Crippen molar-refractivity contribution in [2.45, 2.75) is 19.2 Å². The summed E-state index contributed by atoms with van der Waals surface area (Å²) >= 11 is 0. The molecule has 1 N–H and O–H groups in total. The zero-order chi connectivity index (χ0) is 21.8. The Kier molecular flexibility index (Phi) is 8.11. The van der Waals surface area contributed by atoms with Gasteiger partial charge in [-0.05, 0) is 19.1 Å². The summed E-state index contributed by atoms with van der Waals surface area (Å²) in [6, 6.07) is 9.67. The van der Waals surface area contributed by atoms with Gasteiger partial charge in [0.15, 0.2) is 5.96 Å². The lowest BCUT2D eigenvalue weighted by Crippen LogP contribution is -2.54. The first-order valence-corrected chi connectivity index (χ1v) is 11.8. The molecule has 1 fully saturated rings. The van der Waals surface area contributed by atoms with Gasteiger partial charge in [0.1, 0.15) is 17.8 Å². The van der Waals surface area contributed by atoms with Crippen LogP contribution in [0.15, 0.2) is 46.1 Å². The third kappa shape index (κ3) is 5.41. The standard InChI is InChI=1S/C20H27N7O3S.HI/c1-16-23-18-5-3-4-6-19(18)27(16)9-8-22-20(21-2)25-10-12-26(13-11-25)31(28,29)15-17-7-14-30-24-17;/h3-7,14H,8-13,15H2,1-2H3,(H,21,22);1H. The number of hydrogen-bond acceptors (Lipinski definition) is 6. The first-order valence-electron chi connectivity index (χ1n) is 10.2. The molecule has 174 valence electrons. The molecule has 0 saturated carbocycles. The van der Waals surface area contributed by atoms with Crippen molar-refractivity contribution in [3.05, 3.63) is 48.1 Å². The van der Waals surface area contributed by atoms with Crippen LogP contribution in [0.1, 0.15) is 11.5 Å². The third-order valence-corrected chi connectivity index (χ3v) is 7.24. The monoisotopic (exact) mass is 573 g/mol. The molecule has 10 nitrogen and oxygen atoms in total. The van der Waals surface area contributed by atoms with Crippen LogP contribution in [0.25, 0.3) is 11.0 Å². The lowest BCUT2D eigenvalue weighted by molar-refractivity contribution is 0.259. The number of benzene rings is 1. The summed E-state index contributed by atoms with van der Waals surface area (Å²) < 4.78 is 33.7. The summed E-state index contributed by atoms with van der Waals surface area (Å²) in [7, 11) is -1.68. The lowest BCUT2D eigenvalue weighted by Gasteiger charge is -2.35. The fourth-order valence-electron chi connectivity index (χ4n) is 3.86. The van der Waals surface area contributed by atoms with Crippen molar-refractivity contribution in [3.63, 3.8) is 0 Å². The van der Waals surface area contributed by atoms with E-state index in [1.165, 1.54) is 10.6 Å². The average molecular weight is 573 g/mol. The quantitative estimate of drug-likeness (QED) is 0.272. The van der Waals surface area contributed by atoms with Crippen molar-refractivity contribution in [2.24, 2.45) is 4.99 Å². The molecule has 12 heteroatoms. The first-order chi connectivity index (χ1) is 15.0. The molecule has 32 heavy (non-hydrogen) atoms. The lowest BCUT2D eigenvalue weighted by atomic mass is 10.3. The Balaban J connectivity index is 0.00000289. The van der Waals surface area contributed by atoms with E-state index in [0.29, 0.717) is 38.4 Å². The molecule has 0 radical (unpaired) electrons. The van der Waals surface area contributed by atoms with E-state index >= 15 is 0 Å². The maximum atomic E-state index is 12.6. The van der Waals surface area contributed by atoms with Crippen LogP contribution in [-0.2, 0) is 22.3 Å². The van der Waals surface area contributed by atoms with Crippen LogP contribution in [0.3, 0.4) is 0 Å². The van der Waals surface area contributed by atoms with Gasteiger partial charge in [0.25, 0.3) is 0 Å². The maximum Gasteiger partial charge on any atom is 0.220 e. The molecule has 0 amide bonds. The van der Waals surface area contributed by atoms with Gasteiger partial charge >= 0.3 is 0 Å². The number of nitrogens with zero attached hydrogens (tertiary/aromatic N) is 6. The van der Waals surface area contributed by atoms with Crippen LogP contribution in [0, 0.1) is 6.92 Å². The summed E-state index contributed by atoms with van der Waals surface area (Å²) in [5.74, 6) is 1.61. The molecule has 3 aromatic rings. The second-order valence-electron chi connectivity index (χ2n) is 7.41. The van der Waals surface area contributed by atoms with Gasteiger partial charge in [0, 0.05) is 52.4 Å². The predicted molar refractivity (Wildman–Crippen MR) is 134 cm³/mol. The van der Waals surface area contributed by atoms with Gasteiger partial charge in [-0.25, -0.2) is 13.4 Å². The van der Waals surface area contributed by atoms with Crippen molar-refractivity contribution >= 4 is 51.0 Å². The molecule has 0 spiro atoms. The number of piperazine rings is 1. The topological polar surface area (TPSA) is 109 Å². The van der Waals surface area contributed by atoms with Gasteiger partial charge < -0.3 is 19.3 Å². The molecule has 4 rings (SSSR count). The number of hydrogen-bond donors (Lipinski definition) is 1. The molecule has 0 atom stereocenters. The Bertz CT molecular complexity index is 1150. The molecule has 3 heterocycles. The smallest absolute Gasteiger partial charge is 0.220 e. The van der Waals surface area contributed by atoms with E-state index in [9.17, 15) is 8.42 Å². The van der Waals surface area contributed by atoms with Crippen molar-refractivity contribution in [1.82, 2.24) is 29.2 Å². The Hall–Kier alpha value is -2.19. The number of sulfonamides is 1. The van der Waals surface area contributed by atoms with Crippen molar-refractivity contribution < 1.29 is 12.9 Å². The number of nitrogens with one attached hydrogen (secondary N) is 1. The van der Waals surface area contributed by atoms with Crippen LogP contribution in [-0.4, -0.2) is 78.1 Å². The highest BCUT2D eigenvalue weighted by Gasteiger charge is 2.29. The Morgan fingerprint density at radius 2 is 1.94 bits per heavy atom. The van der Waals surface area contributed by atoms with Gasteiger partial charge in [0.05, 0.1) is 16.7 Å². The number of para-hydroxylation sites is 2. The Labute approximate surface area is 204 Å². The fraction of sp³-hybridized carbons (Fsp3) is 0.450. The van der Waals surface area contributed by atoms with Crippen LogP contribution in [0.4, 0.5) is 0 Å². The van der Waals surface area contributed by atoms with E-state index in [-0.39, 0.29) is 29.7 Å². The number of aromatic nitrogens is 3.